The van der Waals surface area contributed by atoms with E-state index in [9.17, 15) is 14.0 Å². The van der Waals surface area contributed by atoms with Gasteiger partial charge in [-0.15, -0.1) is 0 Å². The van der Waals surface area contributed by atoms with Gasteiger partial charge in [-0.3, -0.25) is 9.78 Å². The highest BCUT2D eigenvalue weighted by Gasteiger charge is 2.16. The third kappa shape index (κ3) is 1.60. The predicted octanol–water partition coefficient (Wildman–Crippen LogP) is 0.724. The van der Waals surface area contributed by atoms with Gasteiger partial charge in [0.2, 0.25) is 5.82 Å². The second-order valence-electron chi connectivity index (χ2n) is 2.58. The molecule has 0 aliphatic heterocycles. The third-order valence-corrected chi connectivity index (χ3v) is 1.74. The molecule has 1 N–H and O–H groups in total. The van der Waals surface area contributed by atoms with Crippen LogP contribution in [0.4, 0.5) is 4.39 Å². The van der Waals surface area contributed by atoms with Gasteiger partial charge < -0.3 is 0 Å². The molecule has 1 heterocycles. The fourth-order valence-corrected chi connectivity index (χ4v) is 1.06. The van der Waals surface area contributed by atoms with Crippen molar-refractivity contribution in [3.8, 4) is 0 Å². The number of aromatic amines is 1. The van der Waals surface area contributed by atoms with Gasteiger partial charge in [-0.1, -0.05) is 11.6 Å². The maximum Gasteiger partial charge on any atom is 0.333 e. The minimum Gasteiger partial charge on any atom is -0.295 e. The summed E-state index contributed by atoms with van der Waals surface area (Å²) in [6.45, 7) is 4.92. The van der Waals surface area contributed by atoms with Gasteiger partial charge >= 0.3 is 5.69 Å². The van der Waals surface area contributed by atoms with E-state index in [0.29, 0.717) is 4.57 Å². The van der Waals surface area contributed by atoms with Crippen LogP contribution < -0.4 is 11.2 Å². The first-order valence-electron chi connectivity index (χ1n) is 3.48. The summed E-state index contributed by atoms with van der Waals surface area (Å²) in [5.41, 5.74) is -1.82. The molecule has 0 radical (unpaired) electrons. The molecule has 1 atom stereocenters. The molecule has 13 heavy (non-hydrogen) atoms. The maximum absolute atomic E-state index is 12.9. The van der Waals surface area contributed by atoms with Crippen LogP contribution in [0.3, 0.4) is 0 Å². The van der Waals surface area contributed by atoms with Gasteiger partial charge in [0, 0.05) is 0 Å². The van der Waals surface area contributed by atoms with Crippen molar-refractivity contribution in [1.29, 1.82) is 0 Å². The number of aromatic nitrogens is 2. The Hall–Kier alpha value is -1.23. The number of rotatable bonds is 1. The van der Waals surface area contributed by atoms with Gasteiger partial charge in [0.05, 0.1) is 6.92 Å². The van der Waals surface area contributed by atoms with Crippen LogP contribution in [0.2, 0.25) is 5.15 Å². The lowest BCUT2D eigenvalue weighted by Gasteiger charge is -2.02. The average Bonchev–Trinajstić information content (AvgIpc) is 1.99. The monoisotopic (exact) mass is 205 g/mol. The largest absolute Gasteiger partial charge is 0.333 e. The van der Waals surface area contributed by atoms with E-state index in [1.54, 1.807) is 0 Å². The van der Waals surface area contributed by atoms with Gasteiger partial charge in [-0.25, -0.2) is 9.36 Å². The van der Waals surface area contributed by atoms with E-state index >= 15 is 0 Å². The van der Waals surface area contributed by atoms with E-state index in [4.69, 9.17) is 11.6 Å². The first-order valence-corrected chi connectivity index (χ1v) is 3.86. The summed E-state index contributed by atoms with van der Waals surface area (Å²) in [5.74, 6) is -1.17. The van der Waals surface area contributed by atoms with Crippen molar-refractivity contribution in [2.24, 2.45) is 0 Å². The maximum atomic E-state index is 12.9. The topological polar surface area (TPSA) is 54.9 Å². The summed E-state index contributed by atoms with van der Waals surface area (Å²) in [6, 6.07) is -0.650. The first kappa shape index (κ1) is 9.85. The summed E-state index contributed by atoms with van der Waals surface area (Å²) in [6.07, 6.45) is 0. The molecule has 0 fully saturated rings. The zero-order valence-electron chi connectivity index (χ0n) is 6.80. The highest BCUT2D eigenvalue weighted by Crippen LogP contribution is 2.04. The summed E-state index contributed by atoms with van der Waals surface area (Å²) < 4.78 is 13.5. The summed E-state index contributed by atoms with van der Waals surface area (Å²) in [4.78, 5) is 24.2. The normalized spacial score (nSPS) is 12.8. The molecule has 1 unspecified atom stereocenters. The minimum atomic E-state index is -1.17. The van der Waals surface area contributed by atoms with Gasteiger partial charge in [-0.2, -0.15) is 4.39 Å². The van der Waals surface area contributed by atoms with Gasteiger partial charge in [0.1, 0.15) is 0 Å². The molecule has 0 saturated carbocycles. The van der Waals surface area contributed by atoms with Crippen LogP contribution in [0, 0.1) is 12.7 Å². The third-order valence-electron chi connectivity index (χ3n) is 1.48. The Morgan fingerprint density at radius 1 is 1.62 bits per heavy atom. The predicted molar refractivity (Wildman–Crippen MR) is 46.4 cm³/mol. The number of H-pyrrole nitrogens is 1. The number of hydrogen-bond donors (Lipinski definition) is 1. The van der Waals surface area contributed by atoms with Crippen LogP contribution in [0.1, 0.15) is 13.0 Å². The fourth-order valence-electron chi connectivity index (χ4n) is 0.901. The molecule has 0 spiro atoms. The van der Waals surface area contributed by atoms with Crippen LogP contribution in [-0.4, -0.2) is 9.55 Å². The molecule has 1 rings (SSSR count). The molecule has 1 aromatic rings. The lowest BCUT2D eigenvalue weighted by atomic mass is 10.4. The van der Waals surface area contributed by atoms with Crippen molar-refractivity contribution < 1.29 is 4.39 Å². The van der Waals surface area contributed by atoms with Crippen LogP contribution in [0.25, 0.3) is 0 Å². The Morgan fingerprint density at radius 3 is 2.62 bits per heavy atom. The Kier molecular flexibility index (Phi) is 2.47. The van der Waals surface area contributed by atoms with E-state index in [0.717, 1.165) is 0 Å². The van der Waals surface area contributed by atoms with Gasteiger partial charge in [0.15, 0.2) is 11.2 Å². The highest BCUT2D eigenvalue weighted by atomic mass is 35.5. The average molecular weight is 206 g/mol. The molecule has 4 nitrogen and oxygen atoms in total. The van der Waals surface area contributed by atoms with Crippen molar-refractivity contribution >= 4 is 11.6 Å². The van der Waals surface area contributed by atoms with Crippen molar-refractivity contribution in [2.45, 2.75) is 13.0 Å². The highest BCUT2D eigenvalue weighted by molar-refractivity contribution is 6.29. The molecule has 0 aromatic carbocycles. The molecule has 0 amide bonds. The van der Waals surface area contributed by atoms with Gasteiger partial charge in [-0.05, 0) is 6.92 Å². The number of hydrogen-bond acceptors (Lipinski definition) is 2. The van der Waals surface area contributed by atoms with E-state index in [2.05, 4.69) is 6.92 Å². The minimum absolute atomic E-state index is 0.577. The zero-order chi connectivity index (χ0) is 10.2. The quantitative estimate of drug-likeness (QED) is 0.543. The smallest absolute Gasteiger partial charge is 0.295 e. The fraction of sp³-hybridized carbons (Fsp3) is 0.286. The summed E-state index contributed by atoms with van der Waals surface area (Å²) in [7, 11) is 0. The van der Waals surface area contributed by atoms with Crippen molar-refractivity contribution in [2.75, 3.05) is 0 Å². The molecular formula is C7H7ClFN2O2+. The van der Waals surface area contributed by atoms with Crippen molar-refractivity contribution in [3.05, 3.63) is 38.7 Å². The molecule has 1 aromatic heterocycles. The zero-order valence-corrected chi connectivity index (χ0v) is 7.56. The first-order chi connectivity index (χ1) is 5.95. The van der Waals surface area contributed by atoms with Crippen molar-refractivity contribution in [3.63, 3.8) is 0 Å². The van der Waals surface area contributed by atoms with Crippen LogP contribution in [0.15, 0.2) is 9.59 Å². The van der Waals surface area contributed by atoms with E-state index in [1.807, 2.05) is 4.98 Å². The van der Waals surface area contributed by atoms with Gasteiger partial charge in [0.25, 0.3) is 5.56 Å². The Balaban J connectivity index is 3.64. The number of nitrogens with zero attached hydrogens (tertiary/aromatic N) is 1. The van der Waals surface area contributed by atoms with E-state index in [1.165, 1.54) is 6.92 Å². The van der Waals surface area contributed by atoms with Crippen LogP contribution in [-0.2, 0) is 0 Å². The molecule has 0 aliphatic rings. The second kappa shape index (κ2) is 3.26. The lowest BCUT2D eigenvalue weighted by molar-refractivity contribution is 0.521. The van der Waals surface area contributed by atoms with Crippen molar-refractivity contribution in [1.82, 2.24) is 9.55 Å². The molecular weight excluding hydrogens is 199 g/mol. The molecule has 0 bridgehead atoms. The SMILES string of the molecule is [CH2+]C(C)n1c(=O)[nH]c(Cl)c(F)c1=O. The number of nitrogens with one attached hydrogen (secondary N) is 1. The number of halogens is 2. The van der Waals surface area contributed by atoms with Crippen LogP contribution in [0.5, 0.6) is 0 Å². The summed E-state index contributed by atoms with van der Waals surface area (Å²) >= 11 is 5.23. The van der Waals surface area contributed by atoms with Crippen LogP contribution >= 0.6 is 11.6 Å². The molecule has 0 saturated heterocycles. The Morgan fingerprint density at radius 2 is 2.15 bits per heavy atom. The van der Waals surface area contributed by atoms with E-state index < -0.39 is 28.3 Å². The Labute approximate surface area is 78.0 Å². The summed E-state index contributed by atoms with van der Waals surface area (Å²) in [5, 5.41) is -0.577. The lowest BCUT2D eigenvalue weighted by Crippen LogP contribution is -2.38. The molecule has 6 heteroatoms. The Bertz CT molecular complexity index is 435. The van der Waals surface area contributed by atoms with E-state index in [-0.39, 0.29) is 0 Å². The molecule has 0 aliphatic carbocycles. The standard InChI is InChI=1S/C7H6ClFN2O2/c1-3(2)11-6(12)4(9)5(8)10-7(11)13/h3H,1H2,2H3/p+1. The molecule has 70 valence electrons. The second-order valence-corrected chi connectivity index (χ2v) is 2.96.